The third-order valence-electron chi connectivity index (χ3n) is 5.51. The molecule has 0 bridgehead atoms. The molecule has 1 aromatic heterocycles. The third-order valence-corrected chi connectivity index (χ3v) is 5.51. The van der Waals surface area contributed by atoms with Gasteiger partial charge in [0.05, 0.1) is 48.6 Å². The molecule has 8 nitrogen and oxygen atoms in total. The molecule has 0 spiro atoms. The molecule has 168 valence electrons. The molecule has 1 aliphatic heterocycles. The van der Waals surface area contributed by atoms with E-state index in [0.717, 1.165) is 16.8 Å². The molecule has 0 atom stereocenters. The first-order valence-corrected chi connectivity index (χ1v) is 10.7. The van der Waals surface area contributed by atoms with E-state index in [0.29, 0.717) is 34.6 Å². The Kier molecular flexibility index (Phi) is 5.61. The van der Waals surface area contributed by atoms with Gasteiger partial charge in [-0.15, -0.1) is 0 Å². The van der Waals surface area contributed by atoms with Crippen LogP contribution in [-0.2, 0) is 16.1 Å². The average molecular weight is 451 g/mol. The molecule has 0 radical (unpaired) electrons. The fourth-order valence-electron chi connectivity index (χ4n) is 3.88. The van der Waals surface area contributed by atoms with Crippen LogP contribution in [0.2, 0.25) is 0 Å². The number of aromatic nitrogens is 3. The molecule has 4 aromatic rings. The molecule has 8 heteroatoms. The van der Waals surface area contributed by atoms with Crippen molar-refractivity contribution in [1.82, 2.24) is 15.0 Å². The monoisotopic (exact) mass is 451 g/mol. The summed E-state index contributed by atoms with van der Waals surface area (Å²) in [6, 6.07) is 22.6. The van der Waals surface area contributed by atoms with Gasteiger partial charge in [0.2, 0.25) is 0 Å². The summed E-state index contributed by atoms with van der Waals surface area (Å²) in [6.45, 7) is 0.568. The van der Waals surface area contributed by atoms with Gasteiger partial charge in [0, 0.05) is 11.3 Å². The number of esters is 1. The number of nitrogens with zero attached hydrogens (tertiary/aromatic N) is 3. The zero-order chi connectivity index (χ0) is 23.5. The molecule has 1 aliphatic rings. The Labute approximate surface area is 195 Å². The minimum absolute atomic E-state index is 0.246. The summed E-state index contributed by atoms with van der Waals surface area (Å²) < 4.78 is 4.80. The quantitative estimate of drug-likeness (QED) is 0.339. The maximum absolute atomic E-state index is 13.1. The van der Waals surface area contributed by atoms with E-state index in [1.54, 1.807) is 35.4 Å². The molecule has 2 N–H and O–H groups in total. The summed E-state index contributed by atoms with van der Waals surface area (Å²) in [5, 5.41) is 14.6. The Bertz CT molecular complexity index is 1380. The fourth-order valence-corrected chi connectivity index (χ4v) is 3.88. The van der Waals surface area contributed by atoms with Crippen LogP contribution in [0.3, 0.4) is 0 Å². The van der Waals surface area contributed by atoms with Crippen LogP contribution < -0.4 is 10.6 Å². The van der Waals surface area contributed by atoms with Gasteiger partial charge in [-0.25, -0.2) is 4.79 Å². The van der Waals surface area contributed by atoms with Crippen molar-refractivity contribution in [1.29, 1.82) is 0 Å². The van der Waals surface area contributed by atoms with Gasteiger partial charge < -0.3 is 15.4 Å². The molecule has 0 unspecified atom stereocenters. The lowest BCUT2D eigenvalue weighted by Crippen LogP contribution is -2.10. The lowest BCUT2D eigenvalue weighted by atomic mass is 9.99. The van der Waals surface area contributed by atoms with E-state index in [1.165, 1.54) is 7.11 Å². The van der Waals surface area contributed by atoms with Crippen LogP contribution in [0.25, 0.3) is 11.3 Å². The summed E-state index contributed by atoms with van der Waals surface area (Å²) in [5.74, 6) is -0.703. The number of amides is 1. The molecular weight excluding hydrogens is 430 g/mol. The predicted molar refractivity (Wildman–Crippen MR) is 129 cm³/mol. The number of rotatable bonds is 6. The molecule has 1 amide bonds. The van der Waals surface area contributed by atoms with Crippen molar-refractivity contribution in [2.24, 2.45) is 0 Å². The Balaban J connectivity index is 1.53. The molecule has 5 rings (SSSR count). The second-order valence-corrected chi connectivity index (χ2v) is 7.70. The van der Waals surface area contributed by atoms with Crippen molar-refractivity contribution in [3.05, 3.63) is 107 Å². The number of methoxy groups -OCH3 is 1. The van der Waals surface area contributed by atoms with Gasteiger partial charge >= 0.3 is 5.97 Å². The van der Waals surface area contributed by atoms with Crippen molar-refractivity contribution in [2.75, 3.05) is 17.7 Å². The summed E-state index contributed by atoms with van der Waals surface area (Å²) in [6.07, 6.45) is 3.29. The Morgan fingerprint density at radius 2 is 1.71 bits per heavy atom. The molecule has 0 fully saturated rings. The van der Waals surface area contributed by atoms with Gasteiger partial charge in [-0.2, -0.15) is 15.0 Å². The van der Waals surface area contributed by atoms with E-state index in [2.05, 4.69) is 20.8 Å². The minimum Gasteiger partial charge on any atom is -0.465 e. The van der Waals surface area contributed by atoms with Crippen LogP contribution in [0.1, 0.15) is 27.0 Å². The Hall–Kier alpha value is -4.72. The highest BCUT2D eigenvalue weighted by Crippen LogP contribution is 2.38. The van der Waals surface area contributed by atoms with Crippen LogP contribution in [0, 0.1) is 0 Å². The Morgan fingerprint density at radius 1 is 0.971 bits per heavy atom. The SMILES string of the molecule is COC(=O)c1ccc2c(c1)NC(=O)/C2=C(\Nc1ccc(Cn2nccn2)cc1)c1ccccc1. The molecular formula is C26H21N5O3. The lowest BCUT2D eigenvalue weighted by Gasteiger charge is -2.15. The highest BCUT2D eigenvalue weighted by atomic mass is 16.5. The predicted octanol–water partition coefficient (Wildman–Crippen LogP) is 4.05. The number of ether oxygens (including phenoxy) is 1. The molecule has 34 heavy (non-hydrogen) atoms. The Morgan fingerprint density at radius 3 is 2.41 bits per heavy atom. The number of hydrogen-bond acceptors (Lipinski definition) is 6. The second-order valence-electron chi connectivity index (χ2n) is 7.70. The van der Waals surface area contributed by atoms with Crippen molar-refractivity contribution < 1.29 is 14.3 Å². The summed E-state index contributed by atoms with van der Waals surface area (Å²) in [5.41, 5.74) is 5.57. The van der Waals surface area contributed by atoms with Gasteiger partial charge in [-0.05, 0) is 35.4 Å². The minimum atomic E-state index is -0.457. The summed E-state index contributed by atoms with van der Waals surface area (Å²) in [4.78, 5) is 26.6. The standard InChI is InChI=1S/C26H21N5O3/c1-34-26(33)19-9-12-21-22(15-19)30-25(32)23(21)24(18-5-3-2-4-6-18)29-20-10-7-17(8-11-20)16-31-27-13-14-28-31/h2-15,29H,16H2,1H3,(H,30,32)/b24-23-. The zero-order valence-electron chi connectivity index (χ0n) is 18.4. The van der Waals surface area contributed by atoms with Gasteiger partial charge in [0.15, 0.2) is 0 Å². The van der Waals surface area contributed by atoms with Gasteiger partial charge in [-0.3, -0.25) is 4.79 Å². The van der Waals surface area contributed by atoms with Gasteiger partial charge in [-0.1, -0.05) is 48.5 Å². The number of carbonyl (C=O) groups is 2. The van der Waals surface area contributed by atoms with E-state index < -0.39 is 5.97 Å². The highest BCUT2D eigenvalue weighted by molar-refractivity contribution is 6.37. The van der Waals surface area contributed by atoms with Crippen LogP contribution in [0.15, 0.2) is 85.2 Å². The summed E-state index contributed by atoms with van der Waals surface area (Å²) in [7, 11) is 1.33. The molecule has 0 aliphatic carbocycles. The summed E-state index contributed by atoms with van der Waals surface area (Å²) >= 11 is 0. The smallest absolute Gasteiger partial charge is 0.337 e. The van der Waals surface area contributed by atoms with E-state index >= 15 is 0 Å². The van der Waals surface area contributed by atoms with Crippen LogP contribution in [0.5, 0.6) is 0 Å². The lowest BCUT2D eigenvalue weighted by molar-refractivity contribution is -0.110. The molecule has 2 heterocycles. The first-order valence-electron chi connectivity index (χ1n) is 10.7. The number of fused-ring (bicyclic) bond motifs is 1. The van der Waals surface area contributed by atoms with Crippen molar-refractivity contribution in [3.63, 3.8) is 0 Å². The van der Waals surface area contributed by atoms with E-state index in [-0.39, 0.29) is 5.91 Å². The van der Waals surface area contributed by atoms with Crippen molar-refractivity contribution in [2.45, 2.75) is 6.54 Å². The van der Waals surface area contributed by atoms with Gasteiger partial charge in [0.25, 0.3) is 5.91 Å². The number of nitrogens with one attached hydrogen (secondary N) is 2. The number of anilines is 2. The van der Waals surface area contributed by atoms with Crippen LogP contribution in [0.4, 0.5) is 11.4 Å². The second kappa shape index (κ2) is 9.03. The van der Waals surface area contributed by atoms with E-state index in [9.17, 15) is 9.59 Å². The van der Waals surface area contributed by atoms with Crippen LogP contribution >= 0.6 is 0 Å². The topological polar surface area (TPSA) is 98.1 Å². The number of carbonyl (C=O) groups excluding carboxylic acids is 2. The zero-order valence-corrected chi connectivity index (χ0v) is 18.4. The molecule has 0 saturated heterocycles. The van der Waals surface area contributed by atoms with Crippen LogP contribution in [-0.4, -0.2) is 34.0 Å². The largest absolute Gasteiger partial charge is 0.465 e. The fraction of sp³-hybridized carbons (Fsp3) is 0.0769. The van der Waals surface area contributed by atoms with Crippen molar-refractivity contribution >= 4 is 34.5 Å². The third kappa shape index (κ3) is 4.16. The number of benzene rings is 3. The number of hydrogen-bond donors (Lipinski definition) is 2. The average Bonchev–Trinajstić information content (AvgIpc) is 3.50. The maximum atomic E-state index is 13.1. The van der Waals surface area contributed by atoms with Crippen molar-refractivity contribution in [3.8, 4) is 0 Å². The van der Waals surface area contributed by atoms with E-state index in [4.69, 9.17) is 4.74 Å². The first-order chi connectivity index (χ1) is 16.6. The normalized spacial score (nSPS) is 13.7. The first kappa shape index (κ1) is 21.1. The molecule has 3 aromatic carbocycles. The van der Waals surface area contributed by atoms with Gasteiger partial charge in [0.1, 0.15) is 0 Å². The molecule has 0 saturated carbocycles. The van der Waals surface area contributed by atoms with E-state index in [1.807, 2.05) is 54.6 Å². The highest BCUT2D eigenvalue weighted by Gasteiger charge is 2.29. The maximum Gasteiger partial charge on any atom is 0.337 e.